The number of hydrogen-bond donors (Lipinski definition) is 1. The summed E-state index contributed by atoms with van der Waals surface area (Å²) in [5.41, 5.74) is 4.06. The molecule has 2 nitrogen and oxygen atoms in total. The highest BCUT2D eigenvalue weighted by Gasteiger charge is 2.19. The van der Waals surface area contributed by atoms with Crippen LogP contribution in [-0.2, 0) is 6.42 Å². The number of anilines is 1. The Kier molecular flexibility index (Phi) is 4.35. The van der Waals surface area contributed by atoms with Crippen LogP contribution in [0.25, 0.3) is 0 Å². The van der Waals surface area contributed by atoms with Crippen molar-refractivity contribution in [2.24, 2.45) is 0 Å². The number of fused-ring (bicyclic) bond motifs is 1. The molecule has 0 radical (unpaired) electrons. The van der Waals surface area contributed by atoms with E-state index in [1.165, 1.54) is 30.4 Å². The monoisotopic (exact) mass is 301 g/mol. The molecule has 1 unspecified atom stereocenters. The Morgan fingerprint density at radius 1 is 1.24 bits per heavy atom. The first-order valence-corrected chi connectivity index (χ1v) is 7.81. The molecular formula is C18H20ClNO. The van der Waals surface area contributed by atoms with Gasteiger partial charge in [-0.1, -0.05) is 35.9 Å². The smallest absolute Gasteiger partial charge is 0.139 e. The van der Waals surface area contributed by atoms with Crippen molar-refractivity contribution >= 4 is 17.3 Å². The molecule has 3 rings (SSSR count). The average Bonchev–Trinajstić information content (AvgIpc) is 2.54. The van der Waals surface area contributed by atoms with E-state index >= 15 is 0 Å². The molecule has 0 aromatic heterocycles. The number of rotatable bonds is 4. The van der Waals surface area contributed by atoms with Gasteiger partial charge in [-0.15, -0.1) is 0 Å². The molecule has 0 bridgehead atoms. The van der Waals surface area contributed by atoms with Gasteiger partial charge in [0.15, 0.2) is 0 Å². The van der Waals surface area contributed by atoms with Gasteiger partial charge in [0.2, 0.25) is 0 Å². The van der Waals surface area contributed by atoms with Crippen LogP contribution in [0.15, 0.2) is 42.5 Å². The van der Waals surface area contributed by atoms with Crippen molar-refractivity contribution < 1.29 is 4.74 Å². The minimum atomic E-state index is 0.580. The van der Waals surface area contributed by atoms with Gasteiger partial charge in [-0.3, -0.25) is 0 Å². The Morgan fingerprint density at radius 2 is 2.10 bits per heavy atom. The molecule has 21 heavy (non-hydrogen) atoms. The highest BCUT2D eigenvalue weighted by atomic mass is 35.5. The SMILES string of the molecule is COc1cc(NCC2CCCc3ccccc32)ccc1Cl. The van der Waals surface area contributed by atoms with Gasteiger partial charge in [0.05, 0.1) is 12.1 Å². The van der Waals surface area contributed by atoms with Gasteiger partial charge in [0, 0.05) is 24.2 Å². The molecule has 0 amide bonds. The second-order valence-electron chi connectivity index (χ2n) is 5.52. The molecule has 0 heterocycles. The molecule has 2 aromatic carbocycles. The maximum Gasteiger partial charge on any atom is 0.139 e. The Balaban J connectivity index is 1.71. The quantitative estimate of drug-likeness (QED) is 0.869. The van der Waals surface area contributed by atoms with Crippen molar-refractivity contribution in [3.63, 3.8) is 0 Å². The van der Waals surface area contributed by atoms with Gasteiger partial charge in [-0.05, 0) is 42.5 Å². The maximum absolute atomic E-state index is 6.06. The summed E-state index contributed by atoms with van der Waals surface area (Å²) in [5.74, 6) is 1.29. The second kappa shape index (κ2) is 6.40. The fourth-order valence-electron chi connectivity index (χ4n) is 3.08. The summed E-state index contributed by atoms with van der Waals surface area (Å²) in [4.78, 5) is 0. The maximum atomic E-state index is 6.06. The molecule has 2 aromatic rings. The number of methoxy groups -OCH3 is 1. The lowest BCUT2D eigenvalue weighted by Gasteiger charge is -2.26. The molecule has 1 aliphatic rings. The van der Waals surface area contributed by atoms with Crippen molar-refractivity contribution in [2.75, 3.05) is 19.0 Å². The van der Waals surface area contributed by atoms with Crippen LogP contribution in [-0.4, -0.2) is 13.7 Å². The lowest BCUT2D eigenvalue weighted by molar-refractivity contribution is 0.415. The minimum absolute atomic E-state index is 0.580. The summed E-state index contributed by atoms with van der Waals surface area (Å²) in [7, 11) is 1.64. The Hall–Kier alpha value is -1.67. The van der Waals surface area contributed by atoms with Gasteiger partial charge >= 0.3 is 0 Å². The van der Waals surface area contributed by atoms with E-state index in [1.54, 1.807) is 7.11 Å². The van der Waals surface area contributed by atoms with Crippen LogP contribution in [0.4, 0.5) is 5.69 Å². The van der Waals surface area contributed by atoms with Crippen LogP contribution in [0.5, 0.6) is 5.75 Å². The topological polar surface area (TPSA) is 21.3 Å². The van der Waals surface area contributed by atoms with E-state index in [2.05, 4.69) is 29.6 Å². The number of benzene rings is 2. The van der Waals surface area contributed by atoms with Gasteiger partial charge in [-0.2, -0.15) is 0 Å². The zero-order valence-electron chi connectivity index (χ0n) is 12.2. The number of aryl methyl sites for hydroxylation is 1. The van der Waals surface area contributed by atoms with E-state index in [-0.39, 0.29) is 0 Å². The third-order valence-corrected chi connectivity index (χ3v) is 4.51. The van der Waals surface area contributed by atoms with Crippen molar-refractivity contribution in [1.29, 1.82) is 0 Å². The van der Waals surface area contributed by atoms with E-state index in [4.69, 9.17) is 16.3 Å². The molecule has 1 aliphatic carbocycles. The third kappa shape index (κ3) is 3.16. The molecule has 110 valence electrons. The summed E-state index contributed by atoms with van der Waals surface area (Å²) in [5, 5.41) is 4.16. The van der Waals surface area contributed by atoms with Crippen molar-refractivity contribution in [3.8, 4) is 5.75 Å². The molecule has 0 spiro atoms. The lowest BCUT2D eigenvalue weighted by atomic mass is 9.83. The van der Waals surface area contributed by atoms with Crippen LogP contribution in [0.1, 0.15) is 29.9 Å². The summed E-state index contributed by atoms with van der Waals surface area (Å²) >= 11 is 6.06. The molecular weight excluding hydrogens is 282 g/mol. The van der Waals surface area contributed by atoms with Crippen LogP contribution < -0.4 is 10.1 Å². The molecule has 0 saturated carbocycles. The molecule has 3 heteroatoms. The van der Waals surface area contributed by atoms with E-state index in [1.807, 2.05) is 18.2 Å². The highest BCUT2D eigenvalue weighted by molar-refractivity contribution is 6.32. The first-order valence-electron chi connectivity index (χ1n) is 7.43. The molecule has 1 N–H and O–H groups in total. The molecule has 1 atom stereocenters. The van der Waals surface area contributed by atoms with E-state index < -0.39 is 0 Å². The normalized spacial score (nSPS) is 17.1. The number of halogens is 1. The van der Waals surface area contributed by atoms with Gasteiger partial charge < -0.3 is 10.1 Å². The fourth-order valence-corrected chi connectivity index (χ4v) is 3.27. The second-order valence-corrected chi connectivity index (χ2v) is 5.93. The molecule has 0 fully saturated rings. The number of hydrogen-bond acceptors (Lipinski definition) is 2. The molecule has 0 saturated heterocycles. The fraction of sp³-hybridized carbons (Fsp3) is 0.333. The largest absolute Gasteiger partial charge is 0.495 e. The Morgan fingerprint density at radius 3 is 2.95 bits per heavy atom. The van der Waals surface area contributed by atoms with Gasteiger partial charge in [0.25, 0.3) is 0 Å². The van der Waals surface area contributed by atoms with E-state index in [0.717, 1.165) is 12.2 Å². The minimum Gasteiger partial charge on any atom is -0.495 e. The van der Waals surface area contributed by atoms with Crippen LogP contribution >= 0.6 is 11.6 Å². The first kappa shape index (κ1) is 14.3. The van der Waals surface area contributed by atoms with Crippen molar-refractivity contribution in [1.82, 2.24) is 0 Å². The summed E-state index contributed by atoms with van der Waals surface area (Å²) in [6.45, 7) is 0.946. The predicted octanol–water partition coefficient (Wildman–Crippen LogP) is 4.88. The van der Waals surface area contributed by atoms with Gasteiger partial charge in [-0.25, -0.2) is 0 Å². The van der Waals surface area contributed by atoms with Crippen molar-refractivity contribution in [2.45, 2.75) is 25.2 Å². The predicted molar refractivity (Wildman–Crippen MR) is 88.6 cm³/mol. The standard InChI is InChI=1S/C18H20ClNO/c1-21-18-11-15(9-10-17(18)19)20-12-14-7-4-6-13-5-2-3-8-16(13)14/h2-3,5,8-11,14,20H,4,6-7,12H2,1H3. The van der Waals surface area contributed by atoms with E-state index in [0.29, 0.717) is 16.7 Å². The molecule has 0 aliphatic heterocycles. The van der Waals surface area contributed by atoms with Gasteiger partial charge in [0.1, 0.15) is 5.75 Å². The van der Waals surface area contributed by atoms with Crippen LogP contribution in [0, 0.1) is 0 Å². The zero-order valence-corrected chi connectivity index (χ0v) is 13.0. The summed E-state index contributed by atoms with van der Waals surface area (Å²) in [6, 6.07) is 14.6. The first-order chi connectivity index (χ1) is 10.3. The number of ether oxygens (including phenoxy) is 1. The Bertz CT molecular complexity index is 626. The Labute approximate surface area is 131 Å². The zero-order chi connectivity index (χ0) is 14.7. The lowest BCUT2D eigenvalue weighted by Crippen LogP contribution is -2.18. The third-order valence-electron chi connectivity index (χ3n) is 4.20. The van der Waals surface area contributed by atoms with E-state index in [9.17, 15) is 0 Å². The van der Waals surface area contributed by atoms with Crippen LogP contribution in [0.2, 0.25) is 5.02 Å². The average molecular weight is 302 g/mol. The summed E-state index contributed by atoms with van der Waals surface area (Å²) < 4.78 is 5.26. The van der Waals surface area contributed by atoms with Crippen LogP contribution in [0.3, 0.4) is 0 Å². The number of nitrogens with one attached hydrogen (secondary N) is 1. The van der Waals surface area contributed by atoms with Crippen molar-refractivity contribution in [3.05, 3.63) is 58.6 Å². The summed E-state index contributed by atoms with van der Waals surface area (Å²) in [6.07, 6.45) is 3.73. The highest BCUT2D eigenvalue weighted by Crippen LogP contribution is 2.32.